The van der Waals surface area contributed by atoms with Gasteiger partial charge in [0.1, 0.15) is 0 Å². The number of halogens is 1. The third kappa shape index (κ3) is 2.46. The molecule has 0 fully saturated rings. The molecule has 9 heteroatoms. The largest absolute Gasteiger partial charge is 0.274 e. The zero-order valence-corrected chi connectivity index (χ0v) is 10.3. The summed E-state index contributed by atoms with van der Waals surface area (Å²) in [5.74, 6) is 0. The first-order valence-corrected chi connectivity index (χ1v) is 7.17. The summed E-state index contributed by atoms with van der Waals surface area (Å²) >= 11 is 7.65. The normalized spacial score (nSPS) is 11.5. The van der Waals surface area contributed by atoms with Gasteiger partial charge in [-0.3, -0.25) is 4.72 Å². The van der Waals surface area contributed by atoms with Gasteiger partial charge in [-0.25, -0.2) is 18.4 Å². The van der Waals surface area contributed by atoms with Gasteiger partial charge in [-0.1, -0.05) is 22.9 Å². The molecule has 1 N–H and O–H groups in total. The van der Waals surface area contributed by atoms with Gasteiger partial charge in [-0.2, -0.15) is 0 Å². The van der Waals surface area contributed by atoms with Crippen LogP contribution in [-0.2, 0) is 10.0 Å². The molecule has 2 rings (SSSR count). The van der Waals surface area contributed by atoms with Crippen LogP contribution in [0.3, 0.4) is 0 Å². The van der Waals surface area contributed by atoms with Crippen molar-refractivity contribution in [2.75, 3.05) is 4.72 Å². The van der Waals surface area contributed by atoms with Crippen molar-refractivity contribution in [3.8, 4) is 0 Å². The molecule has 0 atom stereocenters. The minimum Gasteiger partial charge on any atom is -0.254 e. The van der Waals surface area contributed by atoms with E-state index in [0.29, 0.717) is 5.13 Å². The number of anilines is 1. The molecular weight excluding hydrogens is 278 g/mol. The zero-order valence-electron chi connectivity index (χ0n) is 7.05. The molecule has 80 valence electrons. The van der Waals surface area contributed by atoms with Crippen LogP contribution >= 0.6 is 34.3 Å². The van der Waals surface area contributed by atoms with E-state index in [1.807, 2.05) is 0 Å². The van der Waals surface area contributed by atoms with Gasteiger partial charge in [-0.15, -0.1) is 11.3 Å². The summed E-state index contributed by atoms with van der Waals surface area (Å²) in [6.45, 7) is 0. The van der Waals surface area contributed by atoms with Crippen molar-refractivity contribution in [2.45, 2.75) is 4.21 Å². The Hall–Kier alpha value is -0.700. The summed E-state index contributed by atoms with van der Waals surface area (Å²) in [7, 11) is -3.59. The Labute approximate surface area is 98.8 Å². The fourth-order valence-corrected chi connectivity index (χ4v) is 3.88. The fraction of sp³-hybridized carbons (Fsp3) is 0. The molecular formula is C6H4ClN3O2S3. The molecule has 0 aliphatic carbocycles. The summed E-state index contributed by atoms with van der Waals surface area (Å²) < 4.78 is 25.9. The predicted molar refractivity (Wildman–Crippen MR) is 60.0 cm³/mol. The highest BCUT2D eigenvalue weighted by molar-refractivity contribution is 7.94. The van der Waals surface area contributed by atoms with Crippen LogP contribution in [-0.4, -0.2) is 18.4 Å². The maximum atomic E-state index is 11.7. The molecule has 15 heavy (non-hydrogen) atoms. The van der Waals surface area contributed by atoms with E-state index in [1.54, 1.807) is 5.38 Å². The summed E-state index contributed by atoms with van der Waals surface area (Å²) in [5.41, 5.74) is 0. The van der Waals surface area contributed by atoms with E-state index >= 15 is 0 Å². The number of thiazole rings is 2. The van der Waals surface area contributed by atoms with Crippen LogP contribution in [0.4, 0.5) is 5.13 Å². The lowest BCUT2D eigenvalue weighted by Crippen LogP contribution is -2.10. The second-order valence-corrected chi connectivity index (χ2v) is 6.79. The Morgan fingerprint density at radius 1 is 1.40 bits per heavy atom. The Morgan fingerprint density at radius 2 is 2.20 bits per heavy atom. The van der Waals surface area contributed by atoms with Crippen molar-refractivity contribution in [1.82, 2.24) is 9.97 Å². The quantitative estimate of drug-likeness (QED) is 0.935. The standard InChI is InChI=1S/C6H4ClN3O2S3/c7-5-9-3-4(14-5)15(11,12)10-6-8-1-2-13-6/h1-3H,(H,8,10). The summed E-state index contributed by atoms with van der Waals surface area (Å²) in [5, 5.41) is 2.00. The molecule has 0 unspecified atom stereocenters. The first-order chi connectivity index (χ1) is 7.08. The predicted octanol–water partition coefficient (Wildman–Crippen LogP) is 2.05. The Bertz CT molecular complexity index is 548. The number of aromatic nitrogens is 2. The van der Waals surface area contributed by atoms with E-state index in [9.17, 15) is 8.42 Å². The van der Waals surface area contributed by atoms with Crippen molar-refractivity contribution >= 4 is 49.4 Å². The van der Waals surface area contributed by atoms with E-state index in [4.69, 9.17) is 11.6 Å². The summed E-state index contributed by atoms with van der Waals surface area (Å²) in [6.07, 6.45) is 2.73. The number of hydrogen-bond donors (Lipinski definition) is 1. The molecule has 0 saturated heterocycles. The first kappa shape index (κ1) is 10.8. The average Bonchev–Trinajstić information content (AvgIpc) is 2.75. The van der Waals surface area contributed by atoms with Crippen LogP contribution in [0.2, 0.25) is 4.47 Å². The molecule has 0 aliphatic heterocycles. The zero-order chi connectivity index (χ0) is 10.9. The first-order valence-electron chi connectivity index (χ1n) is 3.61. The lowest BCUT2D eigenvalue weighted by Gasteiger charge is -2.00. The molecule has 2 aromatic heterocycles. The third-order valence-electron chi connectivity index (χ3n) is 1.38. The van der Waals surface area contributed by atoms with E-state index in [1.165, 1.54) is 23.7 Å². The van der Waals surface area contributed by atoms with Crippen LogP contribution < -0.4 is 4.72 Å². The van der Waals surface area contributed by atoms with Crippen molar-refractivity contribution in [3.63, 3.8) is 0 Å². The lowest BCUT2D eigenvalue weighted by atomic mass is 11.0. The minimum atomic E-state index is -3.59. The van der Waals surface area contributed by atoms with Crippen molar-refractivity contribution in [2.24, 2.45) is 0 Å². The second kappa shape index (κ2) is 4.05. The minimum absolute atomic E-state index is 0.0719. The van der Waals surface area contributed by atoms with Crippen LogP contribution in [0, 0.1) is 0 Å². The maximum Gasteiger partial charge on any atom is 0.274 e. The molecule has 0 spiro atoms. The van der Waals surface area contributed by atoms with E-state index in [2.05, 4.69) is 14.7 Å². The van der Waals surface area contributed by atoms with Crippen LogP contribution in [0.1, 0.15) is 0 Å². The van der Waals surface area contributed by atoms with Gasteiger partial charge in [0, 0.05) is 11.6 Å². The topological polar surface area (TPSA) is 72.0 Å². The highest BCUT2D eigenvalue weighted by Gasteiger charge is 2.18. The van der Waals surface area contributed by atoms with Gasteiger partial charge in [0.15, 0.2) is 13.8 Å². The number of hydrogen-bond acceptors (Lipinski definition) is 6. The number of nitrogens with zero attached hydrogens (tertiary/aromatic N) is 2. The highest BCUT2D eigenvalue weighted by atomic mass is 35.5. The maximum absolute atomic E-state index is 11.7. The molecule has 0 saturated carbocycles. The number of nitrogens with one attached hydrogen (secondary N) is 1. The monoisotopic (exact) mass is 281 g/mol. The van der Waals surface area contributed by atoms with Crippen molar-refractivity contribution < 1.29 is 8.42 Å². The Kier molecular flexibility index (Phi) is 2.91. The van der Waals surface area contributed by atoms with Gasteiger partial charge in [0.25, 0.3) is 10.0 Å². The molecule has 0 amide bonds. The third-order valence-corrected chi connectivity index (χ3v) is 5.11. The van der Waals surface area contributed by atoms with Crippen LogP contribution in [0.25, 0.3) is 0 Å². The Balaban J connectivity index is 2.28. The van der Waals surface area contributed by atoms with Crippen molar-refractivity contribution in [1.29, 1.82) is 0 Å². The van der Waals surface area contributed by atoms with Crippen LogP contribution in [0.5, 0.6) is 0 Å². The van der Waals surface area contributed by atoms with Gasteiger partial charge in [-0.05, 0) is 0 Å². The molecule has 0 aliphatic rings. The Morgan fingerprint density at radius 3 is 2.73 bits per heavy atom. The summed E-state index contributed by atoms with van der Waals surface area (Å²) in [4.78, 5) is 7.47. The summed E-state index contributed by atoms with van der Waals surface area (Å²) in [6, 6.07) is 0. The fourth-order valence-electron chi connectivity index (χ4n) is 0.802. The van der Waals surface area contributed by atoms with Gasteiger partial charge in [0.05, 0.1) is 6.20 Å². The second-order valence-electron chi connectivity index (χ2n) is 2.38. The molecule has 0 bridgehead atoms. The molecule has 2 heterocycles. The number of sulfonamides is 1. The van der Waals surface area contributed by atoms with Crippen molar-refractivity contribution in [3.05, 3.63) is 22.2 Å². The van der Waals surface area contributed by atoms with Crippen LogP contribution in [0.15, 0.2) is 22.0 Å². The molecule has 0 aromatic carbocycles. The molecule has 2 aromatic rings. The smallest absolute Gasteiger partial charge is 0.254 e. The van der Waals surface area contributed by atoms with Gasteiger partial charge >= 0.3 is 0 Å². The highest BCUT2D eigenvalue weighted by Crippen LogP contribution is 2.25. The lowest BCUT2D eigenvalue weighted by molar-refractivity contribution is 0.603. The average molecular weight is 282 g/mol. The van der Waals surface area contributed by atoms with Gasteiger partial charge in [0.2, 0.25) is 0 Å². The van der Waals surface area contributed by atoms with E-state index < -0.39 is 10.0 Å². The molecule has 0 radical (unpaired) electrons. The van der Waals surface area contributed by atoms with Gasteiger partial charge < -0.3 is 0 Å². The molecule has 5 nitrogen and oxygen atoms in total. The van der Waals surface area contributed by atoms with E-state index in [-0.39, 0.29) is 8.68 Å². The SMILES string of the molecule is O=S(=O)(Nc1nccs1)c1cnc(Cl)s1. The number of rotatable bonds is 3. The van der Waals surface area contributed by atoms with E-state index in [0.717, 1.165) is 11.3 Å².